The van der Waals surface area contributed by atoms with Crippen LogP contribution in [0.5, 0.6) is 0 Å². The number of hydrogen-bond acceptors (Lipinski definition) is 2. The number of methoxy groups -OCH3 is 1. The van der Waals surface area contributed by atoms with Crippen molar-refractivity contribution >= 4 is 0 Å². The lowest BCUT2D eigenvalue weighted by Crippen LogP contribution is -2.38. The Bertz CT molecular complexity index is 292. The summed E-state index contributed by atoms with van der Waals surface area (Å²) >= 11 is 0. The van der Waals surface area contributed by atoms with Gasteiger partial charge in [-0.3, -0.25) is 0 Å². The van der Waals surface area contributed by atoms with Gasteiger partial charge in [-0.05, 0) is 25.0 Å². The van der Waals surface area contributed by atoms with Crippen LogP contribution in [0.25, 0.3) is 0 Å². The molecule has 0 saturated heterocycles. The van der Waals surface area contributed by atoms with Crippen molar-refractivity contribution in [3.05, 3.63) is 35.4 Å². The first-order valence-electron chi connectivity index (χ1n) is 4.91. The number of aryl methyl sites for hydroxylation is 1. The third kappa shape index (κ3) is 2.56. The van der Waals surface area contributed by atoms with Gasteiger partial charge in [0.1, 0.15) is 0 Å². The highest BCUT2D eigenvalue weighted by Gasteiger charge is 2.22. The average Bonchev–Trinajstić information content (AvgIpc) is 2.21. The van der Waals surface area contributed by atoms with Crippen LogP contribution in [0.15, 0.2) is 24.3 Å². The molecule has 0 aliphatic rings. The van der Waals surface area contributed by atoms with Crippen molar-refractivity contribution in [1.29, 1.82) is 0 Å². The van der Waals surface area contributed by atoms with Crippen LogP contribution in [0.1, 0.15) is 18.1 Å². The summed E-state index contributed by atoms with van der Waals surface area (Å²) in [7, 11) is 1.71. The smallest absolute Gasteiger partial charge is 0.0812 e. The first kappa shape index (κ1) is 11.2. The van der Waals surface area contributed by atoms with Crippen molar-refractivity contribution < 1.29 is 4.74 Å². The summed E-state index contributed by atoms with van der Waals surface area (Å²) in [5.74, 6) is 0. The lowest BCUT2D eigenvalue weighted by molar-refractivity contribution is 0.0142. The van der Waals surface area contributed by atoms with Crippen LogP contribution < -0.4 is 5.73 Å². The largest absolute Gasteiger partial charge is 0.377 e. The van der Waals surface area contributed by atoms with Gasteiger partial charge < -0.3 is 10.5 Å². The molecule has 0 radical (unpaired) electrons. The van der Waals surface area contributed by atoms with Crippen molar-refractivity contribution in [2.45, 2.75) is 25.9 Å². The van der Waals surface area contributed by atoms with E-state index in [2.05, 4.69) is 25.1 Å². The summed E-state index contributed by atoms with van der Waals surface area (Å²) in [6.07, 6.45) is 0.868. The van der Waals surface area contributed by atoms with Crippen molar-refractivity contribution in [3.63, 3.8) is 0 Å². The first-order chi connectivity index (χ1) is 6.61. The summed E-state index contributed by atoms with van der Waals surface area (Å²) in [6.45, 7) is 4.69. The van der Waals surface area contributed by atoms with E-state index < -0.39 is 0 Å². The van der Waals surface area contributed by atoms with E-state index in [9.17, 15) is 0 Å². The summed E-state index contributed by atoms with van der Waals surface area (Å²) < 4.78 is 5.42. The van der Waals surface area contributed by atoms with Crippen LogP contribution in [0.3, 0.4) is 0 Å². The number of benzene rings is 1. The fraction of sp³-hybridized carbons (Fsp3) is 0.500. The highest BCUT2D eigenvalue weighted by atomic mass is 16.5. The highest BCUT2D eigenvalue weighted by Crippen LogP contribution is 2.18. The molecule has 1 atom stereocenters. The zero-order valence-electron chi connectivity index (χ0n) is 9.21. The van der Waals surface area contributed by atoms with Crippen LogP contribution in [0.2, 0.25) is 0 Å². The molecule has 0 fully saturated rings. The molecule has 0 spiro atoms. The zero-order chi connectivity index (χ0) is 10.6. The Kier molecular flexibility index (Phi) is 3.67. The number of nitrogens with two attached hydrogens (primary N) is 1. The standard InChI is InChI=1S/C12H19NO/c1-10-6-4-5-7-11(10)8-12(2,9-13)14-3/h4-7H,8-9,13H2,1-3H3. The van der Waals surface area contributed by atoms with Gasteiger partial charge in [-0.1, -0.05) is 24.3 Å². The Morgan fingerprint density at radius 1 is 1.36 bits per heavy atom. The minimum absolute atomic E-state index is 0.244. The number of ether oxygens (including phenoxy) is 1. The molecule has 0 saturated carbocycles. The van der Waals surface area contributed by atoms with Crippen LogP contribution >= 0.6 is 0 Å². The van der Waals surface area contributed by atoms with Gasteiger partial charge in [0, 0.05) is 20.1 Å². The highest BCUT2D eigenvalue weighted by molar-refractivity contribution is 5.27. The molecule has 2 N–H and O–H groups in total. The molecule has 1 aromatic carbocycles. The van der Waals surface area contributed by atoms with Crippen LogP contribution in [-0.4, -0.2) is 19.3 Å². The third-order valence-electron chi connectivity index (χ3n) is 2.75. The van der Waals surface area contributed by atoms with Gasteiger partial charge in [0.25, 0.3) is 0 Å². The normalized spacial score (nSPS) is 15.1. The van der Waals surface area contributed by atoms with Crippen molar-refractivity contribution in [2.75, 3.05) is 13.7 Å². The molecular weight excluding hydrogens is 174 g/mol. The molecule has 0 bridgehead atoms. The van der Waals surface area contributed by atoms with Crippen LogP contribution in [-0.2, 0) is 11.2 Å². The molecule has 0 aliphatic carbocycles. The molecule has 2 heteroatoms. The molecule has 14 heavy (non-hydrogen) atoms. The average molecular weight is 193 g/mol. The predicted molar refractivity (Wildman–Crippen MR) is 59.4 cm³/mol. The van der Waals surface area contributed by atoms with Crippen molar-refractivity contribution in [2.24, 2.45) is 5.73 Å². The van der Waals surface area contributed by atoms with Gasteiger partial charge >= 0.3 is 0 Å². The van der Waals surface area contributed by atoms with E-state index in [1.54, 1.807) is 7.11 Å². The second kappa shape index (κ2) is 4.58. The van der Waals surface area contributed by atoms with Gasteiger partial charge in [-0.25, -0.2) is 0 Å². The minimum atomic E-state index is -0.244. The zero-order valence-corrected chi connectivity index (χ0v) is 9.21. The Morgan fingerprint density at radius 2 is 2.00 bits per heavy atom. The Balaban J connectivity index is 2.82. The quantitative estimate of drug-likeness (QED) is 0.792. The molecule has 0 amide bonds. The van der Waals surface area contributed by atoms with E-state index in [0.717, 1.165) is 6.42 Å². The Labute approximate surface area is 86.1 Å². The monoisotopic (exact) mass is 193 g/mol. The van der Waals surface area contributed by atoms with E-state index in [-0.39, 0.29) is 5.60 Å². The van der Waals surface area contributed by atoms with Crippen LogP contribution in [0, 0.1) is 6.92 Å². The maximum Gasteiger partial charge on any atom is 0.0812 e. The van der Waals surface area contributed by atoms with Crippen LogP contribution in [0.4, 0.5) is 0 Å². The lowest BCUT2D eigenvalue weighted by Gasteiger charge is -2.27. The summed E-state index contributed by atoms with van der Waals surface area (Å²) in [4.78, 5) is 0. The van der Waals surface area contributed by atoms with Gasteiger partial charge in [-0.2, -0.15) is 0 Å². The maximum atomic E-state index is 5.69. The molecule has 0 aromatic heterocycles. The van der Waals surface area contributed by atoms with E-state index in [1.165, 1.54) is 11.1 Å². The lowest BCUT2D eigenvalue weighted by atomic mass is 9.94. The fourth-order valence-corrected chi connectivity index (χ4v) is 1.44. The summed E-state index contributed by atoms with van der Waals surface area (Å²) in [6, 6.07) is 8.34. The Morgan fingerprint density at radius 3 is 2.50 bits per heavy atom. The van der Waals surface area contributed by atoms with E-state index >= 15 is 0 Å². The van der Waals surface area contributed by atoms with Gasteiger partial charge in [0.05, 0.1) is 5.60 Å². The molecule has 2 nitrogen and oxygen atoms in total. The predicted octanol–water partition coefficient (Wildman–Crippen LogP) is 1.90. The molecule has 1 rings (SSSR count). The molecule has 1 aromatic rings. The summed E-state index contributed by atoms with van der Waals surface area (Å²) in [5, 5.41) is 0. The fourth-order valence-electron chi connectivity index (χ4n) is 1.44. The molecule has 1 unspecified atom stereocenters. The minimum Gasteiger partial charge on any atom is -0.377 e. The van der Waals surface area contributed by atoms with E-state index in [4.69, 9.17) is 10.5 Å². The first-order valence-corrected chi connectivity index (χ1v) is 4.91. The number of hydrogen-bond donors (Lipinski definition) is 1. The molecule has 0 aliphatic heterocycles. The topological polar surface area (TPSA) is 35.2 Å². The van der Waals surface area contributed by atoms with Gasteiger partial charge in [-0.15, -0.1) is 0 Å². The molecule has 0 heterocycles. The van der Waals surface area contributed by atoms with Crippen molar-refractivity contribution in [1.82, 2.24) is 0 Å². The molecule has 78 valence electrons. The van der Waals surface area contributed by atoms with E-state index in [1.807, 2.05) is 13.0 Å². The number of rotatable bonds is 4. The summed E-state index contributed by atoms with van der Waals surface area (Å²) in [5.41, 5.74) is 8.05. The third-order valence-corrected chi connectivity index (χ3v) is 2.75. The second-order valence-corrected chi connectivity index (χ2v) is 3.96. The SMILES string of the molecule is COC(C)(CN)Cc1ccccc1C. The van der Waals surface area contributed by atoms with Gasteiger partial charge in [0.15, 0.2) is 0 Å². The van der Waals surface area contributed by atoms with Gasteiger partial charge in [0.2, 0.25) is 0 Å². The second-order valence-electron chi connectivity index (χ2n) is 3.96. The Hall–Kier alpha value is -0.860. The van der Waals surface area contributed by atoms with Crippen molar-refractivity contribution in [3.8, 4) is 0 Å². The van der Waals surface area contributed by atoms with E-state index in [0.29, 0.717) is 6.54 Å². The molecular formula is C12H19NO. The maximum absolute atomic E-state index is 5.69.